The Labute approximate surface area is 516 Å². The summed E-state index contributed by atoms with van der Waals surface area (Å²) >= 11 is 3.48. The smallest absolute Gasteiger partial charge is 0.410 e. The molecule has 6 rings (SSSR count). The number of carbonyl (C=O) groups excluding carboxylic acids is 7. The summed E-state index contributed by atoms with van der Waals surface area (Å²) in [6, 6.07) is 7.95. The zero-order valence-corrected chi connectivity index (χ0v) is 54.9. The molecule has 1 saturated carbocycles. The van der Waals surface area contributed by atoms with Gasteiger partial charge in [0.05, 0.1) is 70.3 Å². The van der Waals surface area contributed by atoms with Gasteiger partial charge in [0.25, 0.3) is 11.8 Å². The minimum Gasteiger partial charge on any atom is -0.410 e. The van der Waals surface area contributed by atoms with Crippen molar-refractivity contribution in [2.24, 2.45) is 29.6 Å². The number of alkyl halides is 1. The van der Waals surface area contributed by atoms with Crippen molar-refractivity contribution >= 4 is 78.5 Å². The van der Waals surface area contributed by atoms with Gasteiger partial charge in [0, 0.05) is 64.8 Å². The van der Waals surface area contributed by atoms with Crippen LogP contribution in [0.3, 0.4) is 0 Å². The molecule has 3 aliphatic rings. The van der Waals surface area contributed by atoms with Crippen LogP contribution in [0, 0.1) is 29.6 Å². The summed E-state index contributed by atoms with van der Waals surface area (Å²) in [4.78, 5) is 114. The number of amides is 7. The van der Waals surface area contributed by atoms with Crippen LogP contribution >= 0.6 is 15.9 Å². The Balaban J connectivity index is 1.06. The summed E-state index contributed by atoms with van der Waals surface area (Å²) in [6.07, 6.45) is 2.32. The first kappa shape index (κ1) is 69.3. The third-order valence-corrected chi connectivity index (χ3v) is 19.7. The maximum atomic E-state index is 14.6. The van der Waals surface area contributed by atoms with Gasteiger partial charge in [-0.1, -0.05) is 89.9 Å². The van der Waals surface area contributed by atoms with Crippen molar-refractivity contribution in [3.8, 4) is 5.75 Å². The molecule has 3 fully saturated rings. The van der Waals surface area contributed by atoms with Crippen LogP contribution in [0.25, 0.3) is 11.0 Å². The highest BCUT2D eigenvalue weighted by atomic mass is 79.9. The van der Waals surface area contributed by atoms with Crippen LogP contribution < -0.4 is 25.4 Å². The number of aryl methyl sites for hydroxylation is 1. The molecule has 9 atom stereocenters. The summed E-state index contributed by atoms with van der Waals surface area (Å²) in [5, 5.41) is 8.72. The van der Waals surface area contributed by atoms with E-state index in [0.717, 1.165) is 23.3 Å². The first-order chi connectivity index (χ1) is 40.8. The van der Waals surface area contributed by atoms with Crippen molar-refractivity contribution < 1.29 is 56.2 Å². The number of methoxy groups -OCH3 is 2. The van der Waals surface area contributed by atoms with Gasteiger partial charge in [-0.15, -0.1) is 0 Å². The number of likely N-dealkylation sites (N-methyl/N-ethyl adjacent to an activating group) is 2. The van der Waals surface area contributed by atoms with Gasteiger partial charge in [-0.05, 0) is 119 Å². The molecule has 7 amide bonds. The molecular weight excluding hydrogens is 1190 g/mol. The topological polar surface area (TPSA) is 268 Å². The number of halogens is 1. The van der Waals surface area contributed by atoms with E-state index in [9.17, 15) is 42.0 Å². The van der Waals surface area contributed by atoms with Crippen LogP contribution in [0.4, 0.5) is 4.79 Å². The number of hydrogen-bond donors (Lipinski definition) is 4. The number of aromatic nitrogens is 2. The van der Waals surface area contributed by atoms with Gasteiger partial charge in [-0.25, -0.2) is 23.2 Å². The van der Waals surface area contributed by atoms with Crippen molar-refractivity contribution in [2.75, 3.05) is 61.5 Å². The Morgan fingerprint density at radius 1 is 0.779 bits per heavy atom. The average Bonchev–Trinajstić information content (AvgIpc) is 2.31. The molecule has 3 heterocycles. The van der Waals surface area contributed by atoms with Crippen molar-refractivity contribution in [1.29, 1.82) is 0 Å². The summed E-state index contributed by atoms with van der Waals surface area (Å²) in [7, 11) is 4.31. The second kappa shape index (κ2) is 31.4. The molecule has 1 aliphatic carbocycles. The van der Waals surface area contributed by atoms with Crippen molar-refractivity contribution in [2.45, 2.75) is 173 Å². The molecule has 476 valence electrons. The molecule has 1 aromatic heterocycles. The lowest BCUT2D eigenvalue weighted by Gasteiger charge is -2.41. The number of fused-ring (bicyclic) bond motifs is 1. The molecular formula is C62H93BrN10O12S. The number of hydrogen-bond acceptors (Lipinski definition) is 15. The van der Waals surface area contributed by atoms with E-state index in [-0.39, 0.29) is 65.9 Å². The summed E-state index contributed by atoms with van der Waals surface area (Å²) in [6.45, 7) is 17.0. The maximum Gasteiger partial charge on any atom is 0.415 e. The number of benzene rings is 2. The van der Waals surface area contributed by atoms with Crippen molar-refractivity contribution in [3.63, 3.8) is 0 Å². The highest BCUT2D eigenvalue weighted by molar-refractivity contribution is 9.08. The van der Waals surface area contributed by atoms with Crippen LogP contribution in [0.1, 0.15) is 134 Å². The number of ether oxygens (including phenoxy) is 3. The van der Waals surface area contributed by atoms with E-state index in [4.69, 9.17) is 24.2 Å². The van der Waals surface area contributed by atoms with Crippen LogP contribution in [0.15, 0.2) is 42.5 Å². The zero-order chi connectivity index (χ0) is 63.3. The first-order valence-corrected chi connectivity index (χ1v) is 33.1. The summed E-state index contributed by atoms with van der Waals surface area (Å²) in [5.41, 5.74) is 4.16. The zero-order valence-electron chi connectivity index (χ0n) is 52.5. The lowest BCUT2D eigenvalue weighted by molar-refractivity contribution is -0.148. The number of carbonyl (C=O) groups is 7. The number of nitrogens with zero attached hydrogens (tertiary/aromatic N) is 6. The highest BCUT2D eigenvalue weighted by Crippen LogP contribution is 2.31. The Morgan fingerprint density at radius 3 is 2.01 bits per heavy atom. The van der Waals surface area contributed by atoms with E-state index in [1.54, 1.807) is 65.1 Å². The Morgan fingerprint density at radius 2 is 1.44 bits per heavy atom. The predicted molar refractivity (Wildman–Crippen MR) is 332 cm³/mol. The van der Waals surface area contributed by atoms with Gasteiger partial charge in [-0.2, -0.15) is 0 Å². The molecule has 24 heteroatoms. The monoisotopic (exact) mass is 1280 g/mol. The Bertz CT molecular complexity index is 2950. The maximum absolute atomic E-state index is 14.6. The fourth-order valence-corrected chi connectivity index (χ4v) is 13.8. The Hall–Kier alpha value is -5.82. The van der Waals surface area contributed by atoms with Crippen molar-refractivity contribution in [1.82, 2.24) is 50.2 Å². The number of rotatable bonds is 29. The fraction of sp³-hybridized carbons (Fsp3) is 0.661. The third kappa shape index (κ3) is 17.7. The molecule has 22 nitrogen and oxygen atoms in total. The first-order valence-electron chi connectivity index (χ1n) is 30.4. The molecule has 0 bridgehead atoms. The number of nitrogens with one attached hydrogen (secondary N) is 4. The van der Waals surface area contributed by atoms with E-state index in [2.05, 4.69) is 36.6 Å². The standard InChI is InChI=1S/C62H93BrN10O12S/c1-14-38(7)55(71(11)61(79)53(36(3)4)68-60(78)54(37(5)6)70(9)10)51(83-12)33-52(74)73-28-16-17-50(73)56(84-13)39(8)57(75)67-48(59(77)69-86(81,82)44-23-24-44)31-40-18-21-43(22-19-40)85-62(80)72-29-26-41(27-30-72)35-64-58(76)42-20-25-46-47(32-42)66-49(34-63)45(15-2)65-46/h18-22,25,32,36-39,41,44,48,50-51,53-56H,14-17,23-24,26-31,33-35H2,1-13H3,(H,64,76)(H,67,75)(H,68,78)(H,69,77)/t38-,39+,48-,50-,51+,53-,54-,55-,56+/m0/s1. The quantitative estimate of drug-likeness (QED) is 0.0580. The minimum atomic E-state index is -4.01. The number of piperidine rings is 1. The van der Waals surface area contributed by atoms with E-state index < -0.39 is 81.5 Å². The highest BCUT2D eigenvalue weighted by Gasteiger charge is 2.44. The van der Waals surface area contributed by atoms with Crippen LogP contribution in [0.2, 0.25) is 0 Å². The molecule has 0 spiro atoms. The van der Waals surface area contributed by atoms with Gasteiger partial charge in [0.1, 0.15) is 17.8 Å². The summed E-state index contributed by atoms with van der Waals surface area (Å²) < 4.78 is 46.2. The van der Waals surface area contributed by atoms with E-state index in [0.29, 0.717) is 93.1 Å². The molecule has 2 aromatic carbocycles. The van der Waals surface area contributed by atoms with Gasteiger partial charge in [0.15, 0.2) is 0 Å². The second-order valence-corrected chi connectivity index (χ2v) is 26.9. The number of likely N-dealkylation sites (tertiary alicyclic amines) is 2. The SMILES string of the molecule is CCc1nc2ccc(C(=O)NCC3CCN(C(=O)Oc4ccc(C[C@H](NC(=O)[C@H](C)[C@@H](OC)[C@@H]5CCCN5C(=O)C[C@@H](OC)[C@H]([C@@H](C)CC)N(C)C(=O)[C@@H](NC(=O)[C@H](C(C)C)N(C)C)C(C)C)C(=O)NS(=O)(=O)C5CC5)cc4)CC3)cc2nc1CBr. The molecule has 86 heavy (non-hydrogen) atoms. The predicted octanol–water partition coefficient (Wildman–Crippen LogP) is 6.01. The van der Waals surface area contributed by atoms with E-state index in [1.165, 1.54) is 14.2 Å². The Kier molecular flexibility index (Phi) is 25.3. The number of sulfonamides is 1. The van der Waals surface area contributed by atoms with E-state index >= 15 is 0 Å². The normalized spacial score (nSPS) is 18.6. The largest absolute Gasteiger partial charge is 0.415 e. The van der Waals surface area contributed by atoms with Gasteiger partial charge in [-0.3, -0.25) is 38.4 Å². The minimum absolute atomic E-state index is 0.00693. The van der Waals surface area contributed by atoms with Crippen LogP contribution in [-0.4, -0.2) is 189 Å². The van der Waals surface area contributed by atoms with Crippen LogP contribution in [-0.2, 0) is 61.6 Å². The summed E-state index contributed by atoms with van der Waals surface area (Å²) in [5.74, 6) is -3.45. The molecule has 0 unspecified atom stereocenters. The average molecular weight is 1280 g/mol. The van der Waals surface area contributed by atoms with Gasteiger partial charge < -0.3 is 44.9 Å². The third-order valence-electron chi connectivity index (χ3n) is 17.3. The fourth-order valence-electron chi connectivity index (χ4n) is 12.0. The van der Waals surface area contributed by atoms with Crippen LogP contribution in [0.5, 0.6) is 5.75 Å². The van der Waals surface area contributed by atoms with Gasteiger partial charge >= 0.3 is 6.09 Å². The lowest BCUT2D eigenvalue weighted by atomic mass is 9.89. The molecule has 2 aliphatic heterocycles. The van der Waals surface area contributed by atoms with Gasteiger partial charge in [0.2, 0.25) is 33.7 Å². The molecule has 2 saturated heterocycles. The van der Waals surface area contributed by atoms with E-state index in [1.807, 2.05) is 73.5 Å². The lowest BCUT2D eigenvalue weighted by Crippen LogP contribution is -2.59. The molecule has 0 radical (unpaired) electrons. The molecule has 3 aromatic rings. The molecule has 4 N–H and O–H groups in total. The van der Waals surface area contributed by atoms with Crippen molar-refractivity contribution in [3.05, 3.63) is 65.0 Å². The second-order valence-electron chi connectivity index (χ2n) is 24.4.